The van der Waals surface area contributed by atoms with E-state index in [1.807, 2.05) is 187 Å². The molecule has 0 spiro atoms. The lowest BCUT2D eigenvalue weighted by atomic mass is 9.81. The maximum atomic E-state index is 9.17. The number of aromatic nitrogens is 15. The standard InChI is InChI=1S/C63H43N7.C60H38N8/c1-63(2)51-36-35-48-47-30-18-19-31-53(47)70(56(48)55(51)49-34-32-45(39-52(49)63)40-20-8-3-9-21-40)54-37-33-46(61-66-57(41-22-10-4-11-23-41)64-58(67-61)42-24-12-5-13-25-42)38-50(54)62-68-59(43-26-14-6-15-27-43)65-60(69-62)44-28-16-7-17-29-44;1-6-20-39(21-7-1)55-61-56(40-22-8-2-9-23-40)64-59(63-55)43-34-36-51(48(38-43)60-65-57(41-24-10-3-11-25-41)62-58(66-60)42-26-12-4-13-27-42)68-49-32-18-16-30-45(49)46-35-37-52-53(54(46)68)47-31-17-19-33-50(47)67(52)44-28-14-5-15-29-44/h3-39H,1-2H3;1-38H/i;1D,3D,5D,6D,7D,10D,11D,14D,15D,20D,21D,24D,25D,28D,29D. The lowest BCUT2D eigenvalue weighted by Gasteiger charge is -2.22. The summed E-state index contributed by atoms with van der Waals surface area (Å²) in [7, 11) is 0. The Morgan fingerprint density at radius 2 is 0.514 bits per heavy atom. The van der Waals surface area contributed by atoms with Gasteiger partial charge in [0.05, 0.1) is 65.0 Å². The van der Waals surface area contributed by atoms with Gasteiger partial charge in [0.25, 0.3) is 0 Å². The molecule has 26 rings (SSSR count). The lowest BCUT2D eigenvalue weighted by Crippen LogP contribution is -2.15. The van der Waals surface area contributed by atoms with Crippen LogP contribution in [0.3, 0.4) is 0 Å². The Labute approximate surface area is 816 Å². The first-order valence-electron chi connectivity index (χ1n) is 52.5. The normalized spacial score (nSPS) is 13.6. The number of benzene rings is 18. The highest BCUT2D eigenvalue weighted by Crippen LogP contribution is 2.55. The summed E-state index contributed by atoms with van der Waals surface area (Å²) in [6.07, 6.45) is 0. The molecule has 0 radical (unpaired) electrons. The zero-order valence-corrected chi connectivity index (χ0v) is 73.8. The summed E-state index contributed by atoms with van der Waals surface area (Å²) < 4.78 is 138. The number of para-hydroxylation sites is 4. The molecule has 0 bridgehead atoms. The van der Waals surface area contributed by atoms with Crippen LogP contribution < -0.4 is 0 Å². The molecule has 15 nitrogen and oxygen atoms in total. The first-order chi connectivity index (χ1) is 74.4. The van der Waals surface area contributed by atoms with Crippen molar-refractivity contribution in [3.8, 4) is 176 Å². The molecule has 25 aromatic rings. The van der Waals surface area contributed by atoms with Crippen molar-refractivity contribution in [2.75, 3.05) is 0 Å². The van der Waals surface area contributed by atoms with Gasteiger partial charge in [-0.3, -0.25) is 0 Å². The molecule has 0 atom stereocenters. The molecule has 0 aliphatic heterocycles. The number of rotatable bonds is 16. The molecule has 15 heteroatoms. The lowest BCUT2D eigenvalue weighted by molar-refractivity contribution is 0.661. The van der Waals surface area contributed by atoms with Crippen LogP contribution in [0.1, 0.15) is 45.5 Å². The summed E-state index contributed by atoms with van der Waals surface area (Å²) in [6.45, 7) is 4.71. The highest BCUT2D eigenvalue weighted by atomic mass is 15.1. The molecule has 0 saturated heterocycles. The molecular weight excluding hydrogens is 1690 g/mol. The van der Waals surface area contributed by atoms with Crippen molar-refractivity contribution >= 4 is 65.4 Å². The Bertz CT molecular complexity index is 9830. The molecule has 7 aromatic heterocycles. The van der Waals surface area contributed by atoms with E-state index < -0.39 is 90.6 Å². The van der Waals surface area contributed by atoms with Gasteiger partial charge in [0.15, 0.2) is 69.9 Å². The zero-order chi connectivity index (χ0) is 105. The van der Waals surface area contributed by atoms with Crippen LogP contribution in [0.5, 0.6) is 0 Å². The van der Waals surface area contributed by atoms with Gasteiger partial charge in [-0.25, -0.2) is 59.8 Å². The molecule has 0 fully saturated rings. The minimum absolute atomic E-state index is 0.00273. The van der Waals surface area contributed by atoms with Crippen LogP contribution in [-0.2, 0) is 5.41 Å². The molecule has 0 N–H and O–H groups in total. The van der Waals surface area contributed by atoms with E-state index in [0.717, 1.165) is 66.3 Å². The molecule has 1 aliphatic rings. The summed E-state index contributed by atoms with van der Waals surface area (Å²) >= 11 is 0. The Kier molecular flexibility index (Phi) is 16.5. The highest BCUT2D eigenvalue weighted by molar-refractivity contribution is 6.26. The summed E-state index contributed by atoms with van der Waals surface area (Å²) in [4.78, 5) is 60.7. The van der Waals surface area contributed by atoms with Gasteiger partial charge in [0.1, 0.15) is 0 Å². The van der Waals surface area contributed by atoms with Crippen LogP contribution in [0.4, 0.5) is 0 Å². The molecule has 7 heterocycles. The molecule has 0 saturated carbocycles. The minimum Gasteiger partial charge on any atom is -0.309 e. The van der Waals surface area contributed by atoms with E-state index in [2.05, 4.69) is 122 Å². The second-order valence-electron chi connectivity index (χ2n) is 33.9. The quantitative estimate of drug-likeness (QED) is 0.0898. The Hall–Kier alpha value is -18.6. The van der Waals surface area contributed by atoms with Crippen molar-refractivity contribution in [2.45, 2.75) is 19.3 Å². The Balaban J connectivity index is 0.000000160. The molecule has 0 amide bonds. The van der Waals surface area contributed by atoms with Crippen LogP contribution in [0, 0.1) is 0 Å². The number of hydrogen-bond acceptors (Lipinski definition) is 12. The van der Waals surface area contributed by atoms with Crippen LogP contribution in [-0.4, -0.2) is 73.5 Å². The monoisotopic (exact) mass is 1780 g/mol. The maximum absolute atomic E-state index is 9.17. The van der Waals surface area contributed by atoms with E-state index in [1.165, 1.54) is 38.8 Å². The van der Waals surface area contributed by atoms with Crippen LogP contribution in [0.25, 0.3) is 241 Å². The maximum Gasteiger partial charge on any atom is 0.166 e. The third kappa shape index (κ3) is 14.5. The van der Waals surface area contributed by atoms with Crippen molar-refractivity contribution < 1.29 is 20.6 Å². The molecular formula is C123H81N15. The van der Waals surface area contributed by atoms with E-state index in [-0.39, 0.29) is 62.7 Å². The van der Waals surface area contributed by atoms with Crippen molar-refractivity contribution in [3.05, 3.63) is 466 Å². The van der Waals surface area contributed by atoms with E-state index >= 15 is 0 Å². The summed E-state index contributed by atoms with van der Waals surface area (Å²) in [5.41, 5.74) is 19.2. The van der Waals surface area contributed by atoms with Gasteiger partial charge in [-0.1, -0.05) is 390 Å². The van der Waals surface area contributed by atoms with Gasteiger partial charge in [-0.2, -0.15) is 0 Å². The van der Waals surface area contributed by atoms with Gasteiger partial charge in [-0.05, 0) is 107 Å². The fourth-order valence-corrected chi connectivity index (χ4v) is 19.0. The minimum atomic E-state index is -0.614. The van der Waals surface area contributed by atoms with Gasteiger partial charge in [0, 0.05) is 116 Å². The van der Waals surface area contributed by atoms with Crippen LogP contribution in [0.2, 0.25) is 0 Å². The first kappa shape index (κ1) is 66.7. The van der Waals surface area contributed by atoms with Crippen molar-refractivity contribution in [3.63, 3.8) is 0 Å². The summed E-state index contributed by atoms with van der Waals surface area (Å²) in [6, 6.07) is 112. The summed E-state index contributed by atoms with van der Waals surface area (Å²) in [5, 5.41) is 5.21. The van der Waals surface area contributed by atoms with Crippen molar-refractivity contribution in [1.29, 1.82) is 0 Å². The predicted octanol–water partition coefficient (Wildman–Crippen LogP) is 29.4. The van der Waals surface area contributed by atoms with E-state index in [4.69, 9.17) is 80.4 Å². The van der Waals surface area contributed by atoms with Gasteiger partial charge in [-0.15, -0.1) is 0 Å². The Morgan fingerprint density at radius 3 is 0.920 bits per heavy atom. The molecule has 1 aliphatic carbocycles. The summed E-state index contributed by atoms with van der Waals surface area (Å²) in [5.74, 6) is 3.07. The number of nitrogens with zero attached hydrogens (tertiary/aromatic N) is 15. The second kappa shape index (κ2) is 34.2. The van der Waals surface area contributed by atoms with Crippen molar-refractivity contribution in [2.24, 2.45) is 0 Å². The molecule has 18 aromatic carbocycles. The molecule has 648 valence electrons. The SMILES string of the molecule is CC1(C)c2cc(-c3ccccc3)ccc2-c2c1ccc1c3ccccc3n(-c3ccc(-c4nc(-c5ccccc5)nc(-c5ccccc5)n4)cc3-c3nc(-c4ccccc4)nc(-c4ccccc4)n3)c21.[2H]c1c([2H])c([2H])c(-c2nc(-c3ccccc3)nc(-c3ccc(-n4c5ccccc5c5ccc6c(c7ccccc7n6-c6c([2H])c([2H])c([2H])c([2H])c6[2H])c54)c(-c4nc(-c5ccccc5)nc(-c5c([2H])c([2H])c([2H])c([2H])c5[2H])n4)c3)n2)c([2H])c1[2H]. The van der Waals surface area contributed by atoms with Gasteiger partial charge < -0.3 is 13.7 Å². The first-order valence-corrected chi connectivity index (χ1v) is 45.0. The average Bonchev–Trinajstić information content (AvgIpc) is 1.53. The Morgan fingerprint density at radius 1 is 0.203 bits per heavy atom. The van der Waals surface area contributed by atoms with E-state index in [1.54, 1.807) is 83.4 Å². The molecule has 0 unspecified atom stereocenters. The zero-order valence-electron chi connectivity index (χ0n) is 88.8. The second-order valence-corrected chi connectivity index (χ2v) is 33.9. The van der Waals surface area contributed by atoms with Crippen molar-refractivity contribution in [1.82, 2.24) is 73.5 Å². The fourth-order valence-electron chi connectivity index (χ4n) is 19.0. The van der Waals surface area contributed by atoms with Gasteiger partial charge in [0.2, 0.25) is 0 Å². The number of fused-ring (bicyclic) bond motifs is 14. The third-order valence-electron chi connectivity index (χ3n) is 25.4. The largest absolute Gasteiger partial charge is 0.309 e. The van der Waals surface area contributed by atoms with Gasteiger partial charge >= 0.3 is 0 Å². The van der Waals surface area contributed by atoms with Crippen LogP contribution >= 0.6 is 0 Å². The van der Waals surface area contributed by atoms with E-state index in [9.17, 15) is 0 Å². The van der Waals surface area contributed by atoms with E-state index in [0.29, 0.717) is 90.2 Å². The molecule has 138 heavy (non-hydrogen) atoms. The highest BCUT2D eigenvalue weighted by Gasteiger charge is 2.39. The topological polar surface area (TPSA) is 169 Å². The average molecular weight is 1780 g/mol. The van der Waals surface area contributed by atoms with Crippen LogP contribution in [0.15, 0.2) is 455 Å². The fraction of sp³-hybridized carbons (Fsp3) is 0.0244. The number of hydrogen-bond donors (Lipinski definition) is 0. The predicted molar refractivity (Wildman–Crippen MR) is 558 cm³/mol. The third-order valence-corrected chi connectivity index (χ3v) is 25.4. The smallest absolute Gasteiger partial charge is 0.166 e.